The molecular weight excluding hydrogens is 560 g/mol. The third-order valence-electron chi connectivity index (χ3n) is 7.35. The number of halogens is 1. The van der Waals surface area contributed by atoms with Gasteiger partial charge in [-0.15, -0.1) is 0 Å². The summed E-state index contributed by atoms with van der Waals surface area (Å²) in [6, 6.07) is 18.3. The lowest BCUT2D eigenvalue weighted by Crippen LogP contribution is -2.52. The Bertz CT molecular complexity index is 1600. The molecule has 1 saturated heterocycles. The van der Waals surface area contributed by atoms with Gasteiger partial charge in [0.1, 0.15) is 18.0 Å². The number of Topliss-reactive ketones (excluding diaryl/α,β-unsaturated/α-hetero) is 1. The van der Waals surface area contributed by atoms with Crippen LogP contribution in [-0.2, 0) is 9.59 Å². The molecule has 3 aromatic rings. The van der Waals surface area contributed by atoms with Crippen LogP contribution in [-0.4, -0.2) is 53.1 Å². The highest BCUT2D eigenvalue weighted by Gasteiger charge is 2.51. The summed E-state index contributed by atoms with van der Waals surface area (Å²) in [5.41, 5.74) is 1.64. The van der Waals surface area contributed by atoms with Crippen LogP contribution < -0.4 is 9.47 Å². The Morgan fingerprint density at radius 3 is 2.24 bits per heavy atom. The summed E-state index contributed by atoms with van der Waals surface area (Å²) in [4.78, 5) is 66.4. The molecule has 2 atom stereocenters. The van der Waals surface area contributed by atoms with Gasteiger partial charge in [-0.25, -0.2) is 9.80 Å². The van der Waals surface area contributed by atoms with Gasteiger partial charge in [-0.1, -0.05) is 29.3 Å². The van der Waals surface area contributed by atoms with Crippen LogP contribution in [0.5, 0.6) is 11.5 Å². The van der Waals surface area contributed by atoms with E-state index in [2.05, 4.69) is 0 Å². The van der Waals surface area contributed by atoms with E-state index in [-0.39, 0.29) is 22.4 Å². The topological polar surface area (TPSA) is 110 Å². The van der Waals surface area contributed by atoms with Crippen molar-refractivity contribution >= 4 is 41.1 Å². The summed E-state index contributed by atoms with van der Waals surface area (Å²) in [5.74, 6) is -3.30. The molecule has 0 N–H and O–H groups in total. The largest absolute Gasteiger partial charge is 0.497 e. The van der Waals surface area contributed by atoms with E-state index in [4.69, 9.17) is 21.1 Å². The molecule has 0 bridgehead atoms. The first-order chi connectivity index (χ1) is 20.2. The number of hydrogen-bond acceptors (Lipinski definition) is 7. The monoisotopic (exact) mass is 586 g/mol. The number of hydrogen-bond donors (Lipinski definition) is 0. The van der Waals surface area contributed by atoms with Gasteiger partial charge in [0.15, 0.2) is 5.78 Å². The van der Waals surface area contributed by atoms with E-state index in [0.29, 0.717) is 23.6 Å². The molecule has 0 saturated carbocycles. The minimum Gasteiger partial charge on any atom is -0.497 e. The molecule has 3 aromatic carbocycles. The number of carbonyl (C=O) groups is 5. The van der Waals surface area contributed by atoms with Gasteiger partial charge in [0.05, 0.1) is 24.5 Å². The first-order valence-electron chi connectivity index (χ1n) is 13.3. The first-order valence-corrected chi connectivity index (χ1v) is 13.6. The Kier molecular flexibility index (Phi) is 8.22. The van der Waals surface area contributed by atoms with E-state index in [1.807, 2.05) is 13.0 Å². The van der Waals surface area contributed by atoms with Gasteiger partial charge in [-0.3, -0.25) is 19.2 Å². The average molecular weight is 587 g/mol. The smallest absolute Gasteiger partial charge is 0.343 e. The number of imide groups is 1. The fourth-order valence-corrected chi connectivity index (χ4v) is 5.21. The third-order valence-corrected chi connectivity index (χ3v) is 7.60. The fraction of sp³-hybridized carbons (Fsp3) is 0.219. The number of esters is 1. The second-order valence-corrected chi connectivity index (χ2v) is 10.6. The summed E-state index contributed by atoms with van der Waals surface area (Å²) < 4.78 is 10.5. The summed E-state index contributed by atoms with van der Waals surface area (Å²) >= 11 is 5.98. The lowest BCUT2D eigenvalue weighted by Gasteiger charge is -2.30. The predicted octanol–water partition coefficient (Wildman–Crippen LogP) is 5.15. The minimum atomic E-state index is -0.686. The molecule has 0 unspecified atom stereocenters. The maximum absolute atomic E-state index is 13.6. The molecule has 0 aromatic heterocycles. The molecule has 1 heterocycles. The van der Waals surface area contributed by atoms with Crippen molar-refractivity contribution in [1.29, 1.82) is 0 Å². The molecule has 9 nitrogen and oxygen atoms in total. The summed E-state index contributed by atoms with van der Waals surface area (Å²) in [5, 5.41) is 2.16. The van der Waals surface area contributed by atoms with Crippen molar-refractivity contribution in [3.05, 3.63) is 106 Å². The van der Waals surface area contributed by atoms with Gasteiger partial charge in [-0.2, -0.15) is 5.01 Å². The molecular formula is C32H27ClN2O7. The highest BCUT2D eigenvalue weighted by molar-refractivity contribution is 6.30. The zero-order valence-electron chi connectivity index (χ0n) is 22.9. The number of benzene rings is 3. The number of hydrazine groups is 1. The van der Waals surface area contributed by atoms with E-state index in [1.165, 1.54) is 55.6 Å². The van der Waals surface area contributed by atoms with E-state index < -0.39 is 47.9 Å². The van der Waals surface area contributed by atoms with Gasteiger partial charge >= 0.3 is 5.97 Å². The zero-order valence-corrected chi connectivity index (χ0v) is 23.7. The Labute approximate surface area is 247 Å². The second-order valence-electron chi connectivity index (χ2n) is 10.1. The minimum absolute atomic E-state index is 0.164. The summed E-state index contributed by atoms with van der Waals surface area (Å²) in [6.07, 6.45) is 2.73. The van der Waals surface area contributed by atoms with Gasteiger partial charge in [-0.05, 0) is 86.5 Å². The van der Waals surface area contributed by atoms with Gasteiger partial charge in [0, 0.05) is 16.1 Å². The quantitative estimate of drug-likeness (QED) is 0.118. The van der Waals surface area contributed by atoms with Crippen molar-refractivity contribution in [1.82, 2.24) is 10.0 Å². The third kappa shape index (κ3) is 5.82. The molecule has 1 aliphatic carbocycles. The van der Waals surface area contributed by atoms with Crippen molar-refractivity contribution in [3.63, 3.8) is 0 Å². The van der Waals surface area contributed by atoms with Crippen LogP contribution >= 0.6 is 11.6 Å². The van der Waals surface area contributed by atoms with Crippen LogP contribution in [0.25, 0.3) is 0 Å². The number of nitrogens with zero attached hydrogens (tertiary/aromatic N) is 2. The Balaban J connectivity index is 1.36. The van der Waals surface area contributed by atoms with Crippen LogP contribution in [0.4, 0.5) is 0 Å². The molecule has 42 heavy (non-hydrogen) atoms. The number of allylic oxidation sites excluding steroid dienone is 2. The van der Waals surface area contributed by atoms with Gasteiger partial charge in [0.25, 0.3) is 17.7 Å². The van der Waals surface area contributed by atoms with Crippen LogP contribution in [0.2, 0.25) is 5.02 Å². The molecule has 2 aliphatic rings. The molecule has 10 heteroatoms. The van der Waals surface area contributed by atoms with Crippen molar-refractivity contribution in [2.45, 2.75) is 19.8 Å². The van der Waals surface area contributed by atoms with Crippen LogP contribution in [0.1, 0.15) is 50.8 Å². The Hall–Kier alpha value is -4.76. The summed E-state index contributed by atoms with van der Waals surface area (Å²) in [6.45, 7) is 1.34. The van der Waals surface area contributed by atoms with Crippen LogP contribution in [0.15, 0.2) is 84.4 Å². The normalized spacial score (nSPS) is 17.8. The Morgan fingerprint density at radius 1 is 0.881 bits per heavy atom. The Morgan fingerprint density at radius 2 is 1.55 bits per heavy atom. The van der Waals surface area contributed by atoms with Crippen LogP contribution in [0.3, 0.4) is 0 Å². The number of amides is 3. The zero-order chi connectivity index (χ0) is 30.0. The first kappa shape index (κ1) is 28.8. The highest BCUT2D eigenvalue weighted by atomic mass is 35.5. The average Bonchev–Trinajstić information content (AvgIpc) is 3.24. The maximum atomic E-state index is 13.6. The molecule has 214 valence electrons. The number of carbonyl (C=O) groups excluding carboxylic acids is 5. The van der Waals surface area contributed by atoms with Crippen molar-refractivity contribution in [2.75, 3.05) is 13.7 Å². The SMILES string of the molecule is COc1cccc(C(=O)Oc2ccc(C(=O)CN(C(=O)c3ccc(Cl)cc3)N3C(=O)[C@H]4CC=C(C)C[C@H]4C3=O)cc2)c1. The highest BCUT2D eigenvalue weighted by Crippen LogP contribution is 2.38. The number of methoxy groups -OCH3 is 1. The number of ketones is 1. The number of rotatable bonds is 8. The van der Waals surface area contributed by atoms with Gasteiger partial charge < -0.3 is 9.47 Å². The number of fused-ring (bicyclic) bond motifs is 1. The van der Waals surface area contributed by atoms with E-state index in [9.17, 15) is 24.0 Å². The predicted molar refractivity (Wildman–Crippen MR) is 153 cm³/mol. The molecule has 5 rings (SSSR count). The van der Waals surface area contributed by atoms with Crippen molar-refractivity contribution < 1.29 is 33.4 Å². The van der Waals surface area contributed by atoms with Crippen molar-refractivity contribution in [3.8, 4) is 11.5 Å². The molecule has 1 fully saturated rings. The standard InChI is InChI=1S/C32H27ClN2O7/c1-19-6-15-26-27(16-19)31(39)35(30(26)38)34(29(37)21-7-11-23(33)12-8-21)18-28(36)20-9-13-24(14-10-20)42-32(40)22-4-3-5-25(17-22)41-2/h3-14,17,26-27H,15-16,18H2,1-2H3/t26-,27+/m0/s1. The van der Waals surface area contributed by atoms with E-state index in [0.717, 1.165) is 15.6 Å². The number of ether oxygens (including phenoxy) is 2. The summed E-state index contributed by atoms with van der Waals surface area (Å²) in [7, 11) is 1.49. The molecule has 3 amide bonds. The lowest BCUT2D eigenvalue weighted by atomic mass is 9.82. The molecule has 1 aliphatic heterocycles. The van der Waals surface area contributed by atoms with E-state index in [1.54, 1.807) is 24.3 Å². The van der Waals surface area contributed by atoms with Crippen molar-refractivity contribution in [2.24, 2.45) is 11.8 Å². The molecule has 0 radical (unpaired) electrons. The van der Waals surface area contributed by atoms with Gasteiger partial charge in [0.2, 0.25) is 0 Å². The fourth-order valence-electron chi connectivity index (χ4n) is 5.08. The molecule has 0 spiro atoms. The van der Waals surface area contributed by atoms with E-state index >= 15 is 0 Å². The second kappa shape index (κ2) is 12.0. The lowest BCUT2D eigenvalue weighted by molar-refractivity contribution is -0.154. The van der Waals surface area contributed by atoms with Crippen LogP contribution in [0, 0.1) is 11.8 Å². The maximum Gasteiger partial charge on any atom is 0.343 e.